The standard InChI is InChI=1S/C12H21NO2/c14-11-6-4-9(5-7-11)8-13-12(15)10-2-1-3-10/h9-11,14H,1-8H2,(H,13,15). The van der Waals surface area contributed by atoms with E-state index in [4.69, 9.17) is 0 Å². The Morgan fingerprint density at radius 1 is 1.13 bits per heavy atom. The van der Waals surface area contributed by atoms with Gasteiger partial charge in [0, 0.05) is 12.5 Å². The van der Waals surface area contributed by atoms with Gasteiger partial charge in [-0.15, -0.1) is 0 Å². The number of aliphatic hydroxyl groups excluding tert-OH is 1. The molecule has 0 aromatic carbocycles. The maximum absolute atomic E-state index is 11.6. The smallest absolute Gasteiger partial charge is 0.223 e. The van der Waals surface area contributed by atoms with Crippen LogP contribution in [0.15, 0.2) is 0 Å². The second-order valence-corrected chi connectivity index (χ2v) is 5.05. The number of rotatable bonds is 3. The van der Waals surface area contributed by atoms with Crippen molar-refractivity contribution in [3.63, 3.8) is 0 Å². The molecule has 2 N–H and O–H groups in total. The molecule has 0 spiro atoms. The molecule has 0 atom stereocenters. The highest BCUT2D eigenvalue weighted by molar-refractivity contribution is 5.79. The summed E-state index contributed by atoms with van der Waals surface area (Å²) >= 11 is 0. The number of carbonyl (C=O) groups excluding carboxylic acids is 1. The molecule has 2 rings (SSSR count). The summed E-state index contributed by atoms with van der Waals surface area (Å²) in [7, 11) is 0. The van der Waals surface area contributed by atoms with Gasteiger partial charge in [0.1, 0.15) is 0 Å². The minimum Gasteiger partial charge on any atom is -0.393 e. The second-order valence-electron chi connectivity index (χ2n) is 5.05. The van der Waals surface area contributed by atoms with Crippen molar-refractivity contribution >= 4 is 5.91 Å². The Hall–Kier alpha value is -0.570. The fourth-order valence-electron chi connectivity index (χ4n) is 2.41. The van der Waals surface area contributed by atoms with Crippen molar-refractivity contribution in [3.8, 4) is 0 Å². The number of aliphatic hydroxyl groups is 1. The van der Waals surface area contributed by atoms with Crippen LogP contribution in [0.4, 0.5) is 0 Å². The molecule has 0 aromatic rings. The Balaban J connectivity index is 1.62. The van der Waals surface area contributed by atoms with E-state index in [2.05, 4.69) is 5.32 Å². The van der Waals surface area contributed by atoms with Gasteiger partial charge >= 0.3 is 0 Å². The third kappa shape index (κ3) is 2.94. The summed E-state index contributed by atoms with van der Waals surface area (Å²) in [5, 5.41) is 12.4. The summed E-state index contributed by atoms with van der Waals surface area (Å²) in [6.07, 6.45) is 7.22. The lowest BCUT2D eigenvalue weighted by Crippen LogP contribution is -2.38. The molecule has 0 unspecified atom stereocenters. The molecular weight excluding hydrogens is 190 g/mol. The zero-order valence-electron chi connectivity index (χ0n) is 9.24. The van der Waals surface area contributed by atoms with Gasteiger partial charge in [-0.3, -0.25) is 4.79 Å². The van der Waals surface area contributed by atoms with Crippen LogP contribution in [0.25, 0.3) is 0 Å². The Kier molecular flexibility index (Phi) is 3.62. The zero-order valence-corrected chi connectivity index (χ0v) is 9.24. The van der Waals surface area contributed by atoms with Crippen molar-refractivity contribution in [2.24, 2.45) is 11.8 Å². The van der Waals surface area contributed by atoms with E-state index in [-0.39, 0.29) is 12.0 Å². The fourth-order valence-corrected chi connectivity index (χ4v) is 2.41. The van der Waals surface area contributed by atoms with Crippen LogP contribution in [0.1, 0.15) is 44.9 Å². The van der Waals surface area contributed by atoms with E-state index in [9.17, 15) is 9.90 Å². The molecule has 2 saturated carbocycles. The van der Waals surface area contributed by atoms with Gasteiger partial charge < -0.3 is 10.4 Å². The van der Waals surface area contributed by atoms with E-state index in [1.807, 2.05) is 0 Å². The predicted molar refractivity (Wildman–Crippen MR) is 58.3 cm³/mol. The molecular formula is C12H21NO2. The highest BCUT2D eigenvalue weighted by atomic mass is 16.3. The molecule has 0 heterocycles. The van der Waals surface area contributed by atoms with Gasteiger partial charge in [0.15, 0.2) is 0 Å². The van der Waals surface area contributed by atoms with Crippen molar-refractivity contribution in [3.05, 3.63) is 0 Å². The average Bonchev–Trinajstić information content (AvgIpc) is 2.14. The number of nitrogens with one attached hydrogen (secondary N) is 1. The summed E-state index contributed by atoms with van der Waals surface area (Å²) in [6, 6.07) is 0. The Bertz CT molecular complexity index is 218. The van der Waals surface area contributed by atoms with E-state index < -0.39 is 0 Å². The average molecular weight is 211 g/mol. The quantitative estimate of drug-likeness (QED) is 0.742. The Labute approximate surface area is 91.2 Å². The Morgan fingerprint density at radius 2 is 1.80 bits per heavy atom. The molecule has 0 aromatic heterocycles. The minimum atomic E-state index is -0.0939. The molecule has 15 heavy (non-hydrogen) atoms. The van der Waals surface area contributed by atoms with Gasteiger partial charge in [-0.25, -0.2) is 0 Å². The molecule has 0 aliphatic heterocycles. The first-order chi connectivity index (χ1) is 7.25. The first kappa shape index (κ1) is 10.9. The van der Waals surface area contributed by atoms with Crippen LogP contribution in [0.5, 0.6) is 0 Å². The molecule has 0 bridgehead atoms. The summed E-state index contributed by atoms with van der Waals surface area (Å²) in [6.45, 7) is 0.821. The largest absolute Gasteiger partial charge is 0.393 e. The monoisotopic (exact) mass is 211 g/mol. The van der Waals surface area contributed by atoms with Crippen LogP contribution in [0.3, 0.4) is 0 Å². The highest BCUT2D eigenvalue weighted by Crippen LogP contribution is 2.27. The molecule has 0 saturated heterocycles. The van der Waals surface area contributed by atoms with Gasteiger partial charge in [0.25, 0.3) is 0 Å². The summed E-state index contributed by atoms with van der Waals surface area (Å²) in [5.41, 5.74) is 0. The molecule has 3 heteroatoms. The van der Waals surface area contributed by atoms with Crippen molar-refractivity contribution in [1.82, 2.24) is 5.32 Å². The van der Waals surface area contributed by atoms with Crippen molar-refractivity contribution in [2.45, 2.75) is 51.0 Å². The third-order valence-corrected chi connectivity index (χ3v) is 3.86. The maximum atomic E-state index is 11.6. The van der Waals surface area contributed by atoms with E-state index in [1.165, 1.54) is 6.42 Å². The molecule has 1 amide bonds. The molecule has 0 radical (unpaired) electrons. The fraction of sp³-hybridized carbons (Fsp3) is 0.917. The van der Waals surface area contributed by atoms with Crippen LogP contribution in [-0.2, 0) is 4.79 Å². The van der Waals surface area contributed by atoms with Crippen LogP contribution in [0.2, 0.25) is 0 Å². The topological polar surface area (TPSA) is 49.3 Å². The number of carbonyl (C=O) groups is 1. The SMILES string of the molecule is O=C(NCC1CCC(O)CC1)C1CCC1. The highest BCUT2D eigenvalue weighted by Gasteiger charge is 2.26. The van der Waals surface area contributed by atoms with Gasteiger partial charge in [0.05, 0.1) is 6.10 Å². The van der Waals surface area contributed by atoms with Gasteiger partial charge in [0.2, 0.25) is 5.91 Å². The molecule has 2 aliphatic rings. The first-order valence-corrected chi connectivity index (χ1v) is 6.21. The number of hydrogen-bond donors (Lipinski definition) is 2. The van der Waals surface area contributed by atoms with Crippen LogP contribution in [-0.4, -0.2) is 23.7 Å². The lowest BCUT2D eigenvalue weighted by Gasteiger charge is -2.28. The van der Waals surface area contributed by atoms with E-state index in [1.54, 1.807) is 0 Å². The van der Waals surface area contributed by atoms with Gasteiger partial charge in [-0.2, -0.15) is 0 Å². The number of amides is 1. The normalized spacial score (nSPS) is 32.1. The molecule has 2 fully saturated rings. The molecule has 2 aliphatic carbocycles. The van der Waals surface area contributed by atoms with Crippen LogP contribution in [0, 0.1) is 11.8 Å². The third-order valence-electron chi connectivity index (χ3n) is 3.86. The maximum Gasteiger partial charge on any atom is 0.223 e. The summed E-state index contributed by atoms with van der Waals surface area (Å²) in [4.78, 5) is 11.6. The lowest BCUT2D eigenvalue weighted by atomic mass is 9.84. The Morgan fingerprint density at radius 3 is 2.33 bits per heavy atom. The van der Waals surface area contributed by atoms with Crippen LogP contribution < -0.4 is 5.32 Å². The zero-order chi connectivity index (χ0) is 10.7. The lowest BCUT2D eigenvalue weighted by molar-refractivity contribution is -0.127. The predicted octanol–water partition coefficient (Wildman–Crippen LogP) is 1.45. The van der Waals surface area contributed by atoms with Gasteiger partial charge in [-0.1, -0.05) is 6.42 Å². The summed E-state index contributed by atoms with van der Waals surface area (Å²) in [5.74, 6) is 1.16. The van der Waals surface area contributed by atoms with E-state index in [0.717, 1.165) is 45.1 Å². The van der Waals surface area contributed by atoms with Gasteiger partial charge in [-0.05, 0) is 44.4 Å². The van der Waals surface area contributed by atoms with Crippen molar-refractivity contribution in [1.29, 1.82) is 0 Å². The van der Waals surface area contributed by atoms with E-state index in [0.29, 0.717) is 11.8 Å². The van der Waals surface area contributed by atoms with Crippen molar-refractivity contribution < 1.29 is 9.90 Å². The number of hydrogen-bond acceptors (Lipinski definition) is 2. The molecule has 86 valence electrons. The van der Waals surface area contributed by atoms with Crippen molar-refractivity contribution in [2.75, 3.05) is 6.54 Å². The second kappa shape index (κ2) is 4.97. The van der Waals surface area contributed by atoms with Crippen LogP contribution >= 0.6 is 0 Å². The summed E-state index contributed by atoms with van der Waals surface area (Å²) < 4.78 is 0. The van der Waals surface area contributed by atoms with E-state index >= 15 is 0 Å². The molecule has 3 nitrogen and oxygen atoms in total. The first-order valence-electron chi connectivity index (χ1n) is 6.21. The minimum absolute atomic E-state index is 0.0939.